The number of carbonyl (C=O) groups excluding carboxylic acids is 2. The second-order valence-electron chi connectivity index (χ2n) is 7.04. The lowest BCUT2D eigenvalue weighted by Gasteiger charge is -2.38. The van der Waals surface area contributed by atoms with Crippen LogP contribution in [0.5, 0.6) is 11.5 Å². The molecule has 1 aliphatic heterocycles. The molecule has 0 aliphatic carbocycles. The van der Waals surface area contributed by atoms with Gasteiger partial charge in [0, 0.05) is 18.2 Å². The van der Waals surface area contributed by atoms with Crippen LogP contribution in [0.15, 0.2) is 42.5 Å². The van der Waals surface area contributed by atoms with Crippen molar-refractivity contribution in [2.75, 3.05) is 19.1 Å². The first kappa shape index (κ1) is 19.7. The number of benzene rings is 2. The number of amides is 2. The summed E-state index contributed by atoms with van der Waals surface area (Å²) in [6.45, 7) is 1.95. The topological polar surface area (TPSA) is 81.9 Å². The smallest absolute Gasteiger partial charge is 0.227 e. The summed E-state index contributed by atoms with van der Waals surface area (Å²) in [5, 5.41) is 0. The fourth-order valence-corrected chi connectivity index (χ4v) is 3.90. The summed E-state index contributed by atoms with van der Waals surface area (Å²) >= 11 is 0. The lowest BCUT2D eigenvalue weighted by atomic mass is 9.85. The van der Waals surface area contributed by atoms with Gasteiger partial charge in [-0.1, -0.05) is 18.2 Å². The van der Waals surface area contributed by atoms with Crippen LogP contribution >= 0.6 is 0 Å². The van der Waals surface area contributed by atoms with E-state index in [4.69, 9.17) is 15.2 Å². The molecule has 0 spiro atoms. The quantitative estimate of drug-likeness (QED) is 0.833. The zero-order valence-corrected chi connectivity index (χ0v) is 16.5. The second-order valence-corrected chi connectivity index (χ2v) is 7.04. The van der Waals surface area contributed by atoms with E-state index in [1.165, 1.54) is 0 Å². The molecule has 2 amide bonds. The van der Waals surface area contributed by atoms with Crippen LogP contribution < -0.4 is 20.1 Å². The lowest BCUT2D eigenvalue weighted by Crippen LogP contribution is -2.45. The SMILES string of the molecule is COc1ccc(OC)c(CCC(=O)N2c3ccccc3[C@H](C(N)=O)C[C@H]2C)c1. The van der Waals surface area contributed by atoms with Crippen LogP contribution in [0.3, 0.4) is 0 Å². The first-order valence-electron chi connectivity index (χ1n) is 9.37. The number of para-hydroxylation sites is 1. The van der Waals surface area contributed by atoms with Crippen molar-refractivity contribution in [3.05, 3.63) is 53.6 Å². The zero-order chi connectivity index (χ0) is 20.3. The standard InChI is InChI=1S/C22H26N2O4/c1-14-12-18(22(23)26)17-6-4-5-7-19(17)24(14)21(25)11-8-15-13-16(27-2)9-10-20(15)28-3/h4-7,9-10,13-14,18H,8,11-12H2,1-3H3,(H2,23,26)/t14-,18-/m1/s1. The van der Waals surface area contributed by atoms with Crippen molar-refractivity contribution in [3.63, 3.8) is 0 Å². The van der Waals surface area contributed by atoms with Gasteiger partial charge >= 0.3 is 0 Å². The number of fused-ring (bicyclic) bond motifs is 1. The van der Waals surface area contributed by atoms with Gasteiger partial charge in [0.1, 0.15) is 11.5 Å². The van der Waals surface area contributed by atoms with Gasteiger partial charge < -0.3 is 20.1 Å². The molecule has 2 atom stereocenters. The molecule has 2 N–H and O–H groups in total. The molecule has 2 aromatic rings. The van der Waals surface area contributed by atoms with E-state index >= 15 is 0 Å². The summed E-state index contributed by atoms with van der Waals surface area (Å²) < 4.78 is 10.7. The van der Waals surface area contributed by atoms with Crippen LogP contribution in [-0.4, -0.2) is 32.1 Å². The summed E-state index contributed by atoms with van der Waals surface area (Å²) in [5.74, 6) is 0.743. The number of methoxy groups -OCH3 is 2. The fourth-order valence-electron chi connectivity index (χ4n) is 3.90. The number of hydrogen-bond acceptors (Lipinski definition) is 4. The van der Waals surface area contributed by atoms with E-state index in [0.717, 1.165) is 28.3 Å². The molecule has 0 saturated carbocycles. The third kappa shape index (κ3) is 3.81. The predicted molar refractivity (Wildman–Crippen MR) is 108 cm³/mol. The molecular weight excluding hydrogens is 356 g/mol. The van der Waals surface area contributed by atoms with Crippen molar-refractivity contribution in [1.82, 2.24) is 0 Å². The highest BCUT2D eigenvalue weighted by atomic mass is 16.5. The molecule has 0 fully saturated rings. The summed E-state index contributed by atoms with van der Waals surface area (Å²) in [4.78, 5) is 26.8. The maximum Gasteiger partial charge on any atom is 0.227 e. The maximum absolute atomic E-state index is 13.1. The van der Waals surface area contributed by atoms with Crippen molar-refractivity contribution in [1.29, 1.82) is 0 Å². The van der Waals surface area contributed by atoms with Crippen molar-refractivity contribution < 1.29 is 19.1 Å². The minimum absolute atomic E-state index is 0.00717. The third-order valence-electron chi connectivity index (χ3n) is 5.30. The van der Waals surface area contributed by atoms with E-state index in [1.807, 2.05) is 49.4 Å². The first-order chi connectivity index (χ1) is 13.5. The summed E-state index contributed by atoms with van der Waals surface area (Å²) in [7, 11) is 3.22. The van der Waals surface area contributed by atoms with Crippen LogP contribution in [0.4, 0.5) is 5.69 Å². The lowest BCUT2D eigenvalue weighted by molar-refractivity contribution is -0.121. The zero-order valence-electron chi connectivity index (χ0n) is 16.5. The van der Waals surface area contributed by atoms with Gasteiger partial charge in [0.15, 0.2) is 0 Å². The number of anilines is 1. The van der Waals surface area contributed by atoms with Gasteiger partial charge in [0.25, 0.3) is 0 Å². The van der Waals surface area contributed by atoms with E-state index < -0.39 is 0 Å². The second kappa shape index (κ2) is 8.33. The Hall–Kier alpha value is -3.02. The molecule has 6 heteroatoms. The molecule has 148 valence electrons. The summed E-state index contributed by atoms with van der Waals surface area (Å²) in [5.41, 5.74) is 8.10. The highest BCUT2D eigenvalue weighted by Crippen LogP contribution is 2.38. The minimum Gasteiger partial charge on any atom is -0.497 e. The molecule has 3 rings (SSSR count). The Morgan fingerprint density at radius 3 is 2.57 bits per heavy atom. The monoisotopic (exact) mass is 382 g/mol. The van der Waals surface area contributed by atoms with Gasteiger partial charge in [-0.2, -0.15) is 0 Å². The third-order valence-corrected chi connectivity index (χ3v) is 5.30. The first-order valence-corrected chi connectivity index (χ1v) is 9.37. The number of rotatable bonds is 6. The summed E-state index contributed by atoms with van der Waals surface area (Å²) in [6.07, 6.45) is 1.38. The highest BCUT2D eigenvalue weighted by Gasteiger charge is 2.35. The van der Waals surface area contributed by atoms with Crippen LogP contribution in [0.1, 0.15) is 36.8 Å². The normalized spacial score (nSPS) is 18.3. The Morgan fingerprint density at radius 2 is 1.89 bits per heavy atom. The largest absolute Gasteiger partial charge is 0.497 e. The number of carbonyl (C=O) groups is 2. The fraction of sp³-hybridized carbons (Fsp3) is 0.364. The van der Waals surface area contributed by atoms with Crippen molar-refractivity contribution >= 4 is 17.5 Å². The van der Waals surface area contributed by atoms with E-state index in [-0.39, 0.29) is 23.8 Å². The Balaban J connectivity index is 1.83. The van der Waals surface area contributed by atoms with Crippen LogP contribution in [0.2, 0.25) is 0 Å². The number of primary amides is 1. The van der Waals surface area contributed by atoms with E-state index in [1.54, 1.807) is 19.1 Å². The predicted octanol–water partition coefficient (Wildman–Crippen LogP) is 3.03. The molecule has 1 heterocycles. The number of aryl methyl sites for hydroxylation is 1. The van der Waals surface area contributed by atoms with Gasteiger partial charge in [-0.25, -0.2) is 0 Å². The molecule has 1 aliphatic rings. The molecule has 0 unspecified atom stereocenters. The molecule has 0 radical (unpaired) electrons. The van der Waals surface area contributed by atoms with E-state index in [9.17, 15) is 9.59 Å². The van der Waals surface area contributed by atoms with Crippen molar-refractivity contribution in [2.45, 2.75) is 38.1 Å². The Morgan fingerprint density at radius 1 is 1.14 bits per heavy atom. The van der Waals surface area contributed by atoms with Crippen LogP contribution in [-0.2, 0) is 16.0 Å². The molecule has 6 nitrogen and oxygen atoms in total. The highest BCUT2D eigenvalue weighted by molar-refractivity contribution is 5.97. The average molecular weight is 382 g/mol. The maximum atomic E-state index is 13.1. The van der Waals surface area contributed by atoms with E-state index in [2.05, 4.69) is 0 Å². The Kier molecular flexibility index (Phi) is 5.87. The van der Waals surface area contributed by atoms with Gasteiger partial charge in [-0.05, 0) is 55.2 Å². The van der Waals surface area contributed by atoms with Crippen molar-refractivity contribution in [3.8, 4) is 11.5 Å². The van der Waals surface area contributed by atoms with Gasteiger partial charge in [0.05, 0.1) is 20.1 Å². The molecule has 0 saturated heterocycles. The van der Waals surface area contributed by atoms with Crippen LogP contribution in [0.25, 0.3) is 0 Å². The number of nitrogens with two attached hydrogens (primary N) is 1. The minimum atomic E-state index is -0.367. The molecule has 2 aromatic carbocycles. The molecule has 0 bridgehead atoms. The number of ether oxygens (including phenoxy) is 2. The van der Waals surface area contributed by atoms with Crippen molar-refractivity contribution in [2.24, 2.45) is 5.73 Å². The Labute approximate surface area is 165 Å². The van der Waals surface area contributed by atoms with Crippen LogP contribution in [0, 0.1) is 0 Å². The average Bonchev–Trinajstić information content (AvgIpc) is 2.70. The number of hydrogen-bond donors (Lipinski definition) is 1. The molecular formula is C22H26N2O4. The molecule has 28 heavy (non-hydrogen) atoms. The number of nitrogens with zero attached hydrogens (tertiary/aromatic N) is 1. The Bertz CT molecular complexity index is 881. The molecule has 0 aromatic heterocycles. The van der Waals surface area contributed by atoms with Gasteiger partial charge in [-0.3, -0.25) is 9.59 Å². The van der Waals surface area contributed by atoms with E-state index in [0.29, 0.717) is 19.3 Å². The van der Waals surface area contributed by atoms with Gasteiger partial charge in [-0.15, -0.1) is 0 Å². The summed E-state index contributed by atoms with van der Waals surface area (Å²) in [6, 6.07) is 13.0. The van der Waals surface area contributed by atoms with Gasteiger partial charge in [0.2, 0.25) is 11.8 Å².